The fourth-order valence-electron chi connectivity index (χ4n) is 2.37. The minimum atomic E-state index is -0.764. The van der Waals surface area contributed by atoms with Gasteiger partial charge < -0.3 is 19.2 Å². The third-order valence-electron chi connectivity index (χ3n) is 3.73. The molecule has 0 aliphatic heterocycles. The molecule has 0 aliphatic carbocycles. The molecule has 27 heavy (non-hydrogen) atoms. The van der Waals surface area contributed by atoms with E-state index in [-0.39, 0.29) is 23.6 Å². The normalized spacial score (nSPS) is 10.3. The SMILES string of the molecule is COC(=O)c1ccc(NC(=O)c2occc2COc2ccccc2)c(F)c1. The summed E-state index contributed by atoms with van der Waals surface area (Å²) in [5.41, 5.74) is 0.477. The van der Waals surface area contributed by atoms with Gasteiger partial charge in [-0.15, -0.1) is 0 Å². The molecular formula is C20H16FNO5. The van der Waals surface area contributed by atoms with Crippen molar-refractivity contribution in [2.24, 2.45) is 0 Å². The van der Waals surface area contributed by atoms with E-state index in [4.69, 9.17) is 9.15 Å². The van der Waals surface area contributed by atoms with Gasteiger partial charge >= 0.3 is 5.97 Å². The third-order valence-corrected chi connectivity index (χ3v) is 3.73. The summed E-state index contributed by atoms with van der Waals surface area (Å²) in [4.78, 5) is 23.8. The zero-order valence-corrected chi connectivity index (χ0v) is 14.4. The zero-order valence-electron chi connectivity index (χ0n) is 14.4. The van der Waals surface area contributed by atoms with Crippen molar-refractivity contribution >= 4 is 17.6 Å². The monoisotopic (exact) mass is 369 g/mol. The fraction of sp³-hybridized carbons (Fsp3) is 0.100. The molecule has 0 saturated heterocycles. The summed E-state index contributed by atoms with van der Waals surface area (Å²) in [6, 6.07) is 14.3. The molecule has 138 valence electrons. The Hall–Kier alpha value is -3.61. The number of hydrogen-bond acceptors (Lipinski definition) is 5. The lowest BCUT2D eigenvalue weighted by atomic mass is 10.2. The van der Waals surface area contributed by atoms with Crippen LogP contribution in [0.3, 0.4) is 0 Å². The zero-order chi connectivity index (χ0) is 19.2. The van der Waals surface area contributed by atoms with Crippen LogP contribution >= 0.6 is 0 Å². The molecule has 6 nitrogen and oxygen atoms in total. The highest BCUT2D eigenvalue weighted by Crippen LogP contribution is 2.20. The molecule has 0 bridgehead atoms. The molecule has 0 unspecified atom stereocenters. The molecule has 2 aromatic carbocycles. The van der Waals surface area contributed by atoms with Gasteiger partial charge in [0.25, 0.3) is 5.91 Å². The highest BCUT2D eigenvalue weighted by molar-refractivity contribution is 6.03. The van der Waals surface area contributed by atoms with Crippen LogP contribution in [0, 0.1) is 5.82 Å². The molecule has 7 heteroatoms. The van der Waals surface area contributed by atoms with Gasteiger partial charge in [0.05, 0.1) is 24.6 Å². The van der Waals surface area contributed by atoms with Crippen LogP contribution < -0.4 is 10.1 Å². The fourth-order valence-corrected chi connectivity index (χ4v) is 2.37. The van der Waals surface area contributed by atoms with Crippen molar-refractivity contribution < 1.29 is 27.9 Å². The Bertz CT molecular complexity index is 952. The number of esters is 1. The molecule has 0 aliphatic rings. The summed E-state index contributed by atoms with van der Waals surface area (Å²) in [5, 5.41) is 2.42. The molecule has 0 radical (unpaired) electrons. The molecule has 1 aromatic heterocycles. The quantitative estimate of drug-likeness (QED) is 0.664. The van der Waals surface area contributed by atoms with E-state index in [1.165, 1.54) is 25.5 Å². The van der Waals surface area contributed by atoms with E-state index >= 15 is 0 Å². The highest BCUT2D eigenvalue weighted by Gasteiger charge is 2.18. The topological polar surface area (TPSA) is 77.8 Å². The average molecular weight is 369 g/mol. The second-order valence-electron chi connectivity index (χ2n) is 5.52. The lowest BCUT2D eigenvalue weighted by Crippen LogP contribution is -2.15. The van der Waals surface area contributed by atoms with E-state index in [1.54, 1.807) is 18.2 Å². The summed E-state index contributed by atoms with van der Waals surface area (Å²) in [5.74, 6) is -1.40. The number of carbonyl (C=O) groups excluding carboxylic acids is 2. The molecule has 0 atom stereocenters. The minimum absolute atomic E-state index is 0.0161. The van der Waals surface area contributed by atoms with Crippen molar-refractivity contribution in [2.75, 3.05) is 12.4 Å². The number of methoxy groups -OCH3 is 1. The first-order valence-electron chi connectivity index (χ1n) is 8.02. The predicted molar refractivity (Wildman–Crippen MR) is 95.2 cm³/mol. The van der Waals surface area contributed by atoms with Crippen LogP contribution in [-0.4, -0.2) is 19.0 Å². The van der Waals surface area contributed by atoms with Gasteiger partial charge in [-0.05, 0) is 36.4 Å². The molecule has 0 fully saturated rings. The number of benzene rings is 2. The maximum Gasteiger partial charge on any atom is 0.337 e. The Labute approximate surface area is 154 Å². The Morgan fingerprint density at radius 3 is 2.59 bits per heavy atom. The maximum atomic E-state index is 14.1. The van der Waals surface area contributed by atoms with E-state index < -0.39 is 17.7 Å². The van der Waals surface area contributed by atoms with E-state index in [9.17, 15) is 14.0 Å². The predicted octanol–water partition coefficient (Wildman–Crippen LogP) is 4.04. The number of amides is 1. The summed E-state index contributed by atoms with van der Waals surface area (Å²) in [6.45, 7) is 0.118. The average Bonchev–Trinajstić information content (AvgIpc) is 3.17. The number of hydrogen-bond donors (Lipinski definition) is 1. The highest BCUT2D eigenvalue weighted by atomic mass is 19.1. The van der Waals surface area contributed by atoms with Crippen molar-refractivity contribution in [3.8, 4) is 5.75 Å². The first kappa shape index (κ1) is 18.2. The van der Waals surface area contributed by atoms with Crippen LogP contribution in [0.2, 0.25) is 0 Å². The lowest BCUT2D eigenvalue weighted by Gasteiger charge is -2.08. The largest absolute Gasteiger partial charge is 0.489 e. The van der Waals surface area contributed by atoms with E-state index in [2.05, 4.69) is 10.1 Å². The van der Waals surface area contributed by atoms with Gasteiger partial charge in [-0.2, -0.15) is 0 Å². The van der Waals surface area contributed by atoms with Crippen LogP contribution in [0.15, 0.2) is 65.3 Å². The Kier molecular flexibility index (Phi) is 5.51. The molecule has 1 N–H and O–H groups in total. The smallest absolute Gasteiger partial charge is 0.337 e. The second-order valence-corrected chi connectivity index (χ2v) is 5.52. The van der Waals surface area contributed by atoms with Crippen molar-refractivity contribution in [3.63, 3.8) is 0 Å². The molecule has 1 heterocycles. The summed E-state index contributed by atoms with van der Waals surface area (Å²) >= 11 is 0. The van der Waals surface area contributed by atoms with Gasteiger partial charge in [0.2, 0.25) is 0 Å². The lowest BCUT2D eigenvalue weighted by molar-refractivity contribution is 0.0600. The minimum Gasteiger partial charge on any atom is -0.489 e. The molecule has 1 amide bonds. The van der Waals surface area contributed by atoms with Crippen molar-refractivity contribution in [2.45, 2.75) is 6.61 Å². The molecule has 3 aromatic rings. The number of carbonyl (C=O) groups is 2. The van der Waals surface area contributed by atoms with Crippen molar-refractivity contribution in [1.29, 1.82) is 0 Å². The molecule has 3 rings (SSSR count). The standard InChI is InChI=1S/C20H16FNO5/c1-25-20(24)13-7-8-17(16(21)11-13)22-19(23)18-14(9-10-26-18)12-27-15-5-3-2-4-6-15/h2-11H,12H2,1H3,(H,22,23). The van der Waals surface area contributed by atoms with Crippen LogP contribution in [-0.2, 0) is 11.3 Å². The van der Waals surface area contributed by atoms with Gasteiger partial charge in [-0.25, -0.2) is 9.18 Å². The number of anilines is 1. The van der Waals surface area contributed by atoms with E-state index in [0.717, 1.165) is 6.07 Å². The second kappa shape index (κ2) is 8.18. The number of para-hydroxylation sites is 1. The molecule has 0 spiro atoms. The first-order chi connectivity index (χ1) is 13.1. The van der Waals surface area contributed by atoms with Gasteiger partial charge in [0.15, 0.2) is 5.76 Å². The summed E-state index contributed by atoms with van der Waals surface area (Å²) < 4.78 is 29.5. The number of rotatable bonds is 6. The van der Waals surface area contributed by atoms with Gasteiger partial charge in [0.1, 0.15) is 18.2 Å². The summed E-state index contributed by atoms with van der Waals surface area (Å²) in [6.07, 6.45) is 1.36. The number of ether oxygens (including phenoxy) is 2. The number of furan rings is 1. The van der Waals surface area contributed by atoms with Crippen LogP contribution in [0.5, 0.6) is 5.75 Å². The third kappa shape index (κ3) is 4.33. The van der Waals surface area contributed by atoms with Crippen molar-refractivity contribution in [3.05, 3.63) is 83.6 Å². The van der Waals surface area contributed by atoms with Crippen LogP contribution in [0.1, 0.15) is 26.5 Å². The Morgan fingerprint density at radius 1 is 1.11 bits per heavy atom. The Balaban J connectivity index is 1.70. The Morgan fingerprint density at radius 2 is 1.89 bits per heavy atom. The van der Waals surface area contributed by atoms with Gasteiger partial charge in [-0.1, -0.05) is 18.2 Å². The number of halogens is 1. The molecular weight excluding hydrogens is 353 g/mol. The first-order valence-corrected chi connectivity index (χ1v) is 8.02. The maximum absolute atomic E-state index is 14.1. The van der Waals surface area contributed by atoms with Crippen LogP contribution in [0.25, 0.3) is 0 Å². The van der Waals surface area contributed by atoms with Gasteiger partial charge in [-0.3, -0.25) is 4.79 Å². The van der Waals surface area contributed by atoms with Crippen molar-refractivity contribution in [1.82, 2.24) is 0 Å². The van der Waals surface area contributed by atoms with Crippen LogP contribution in [0.4, 0.5) is 10.1 Å². The van der Waals surface area contributed by atoms with E-state index in [1.807, 2.05) is 18.2 Å². The van der Waals surface area contributed by atoms with E-state index in [0.29, 0.717) is 11.3 Å². The molecule has 0 saturated carbocycles. The van der Waals surface area contributed by atoms with Gasteiger partial charge in [0, 0.05) is 5.56 Å². The number of nitrogens with one attached hydrogen (secondary N) is 1. The summed E-state index contributed by atoms with van der Waals surface area (Å²) in [7, 11) is 1.20.